The van der Waals surface area contributed by atoms with E-state index >= 15 is 0 Å². The first-order valence-corrected chi connectivity index (χ1v) is 5.85. The lowest BCUT2D eigenvalue weighted by molar-refractivity contribution is 1.11. The number of hydrogen-bond acceptors (Lipinski definition) is 1. The van der Waals surface area contributed by atoms with Crippen LogP contribution in [0.1, 0.15) is 5.56 Å². The zero-order chi connectivity index (χ0) is 11.0. The van der Waals surface area contributed by atoms with E-state index in [1.54, 1.807) is 0 Å². The van der Waals surface area contributed by atoms with Gasteiger partial charge in [0.1, 0.15) is 0 Å². The van der Waals surface area contributed by atoms with Gasteiger partial charge in [-0.15, -0.1) is 0 Å². The van der Waals surface area contributed by atoms with Gasteiger partial charge in [-0.2, -0.15) is 0 Å². The monoisotopic (exact) mass is 229 g/mol. The fraction of sp³-hybridized carbons (Fsp3) is 0.143. The van der Waals surface area contributed by atoms with Gasteiger partial charge < -0.3 is 5.32 Å². The smallest absolute Gasteiger partial charge is 0.0484 e. The number of rotatable bonds is 1. The van der Waals surface area contributed by atoms with E-state index in [1.807, 2.05) is 18.2 Å². The minimum absolute atomic E-state index is 0.822. The Morgan fingerprint density at radius 1 is 0.938 bits per heavy atom. The highest BCUT2D eigenvalue weighted by Gasteiger charge is 2.15. The third-order valence-corrected chi connectivity index (χ3v) is 3.36. The van der Waals surface area contributed by atoms with E-state index in [-0.39, 0.29) is 0 Å². The molecular formula is C14H12ClN. The molecule has 80 valence electrons. The fourth-order valence-electron chi connectivity index (χ4n) is 2.28. The summed E-state index contributed by atoms with van der Waals surface area (Å²) in [6, 6.07) is 14.4. The van der Waals surface area contributed by atoms with Crippen LogP contribution in [0.4, 0.5) is 5.69 Å². The van der Waals surface area contributed by atoms with E-state index in [0.717, 1.165) is 23.6 Å². The summed E-state index contributed by atoms with van der Waals surface area (Å²) in [6.07, 6.45) is 1.08. The molecule has 1 heterocycles. The average molecular weight is 230 g/mol. The summed E-state index contributed by atoms with van der Waals surface area (Å²) in [7, 11) is 0. The highest BCUT2D eigenvalue weighted by Crippen LogP contribution is 2.35. The van der Waals surface area contributed by atoms with Crippen LogP contribution in [0, 0.1) is 0 Å². The molecule has 0 aliphatic carbocycles. The summed E-state index contributed by atoms with van der Waals surface area (Å²) in [5.41, 5.74) is 5.02. The highest BCUT2D eigenvalue weighted by molar-refractivity contribution is 6.33. The van der Waals surface area contributed by atoms with Gasteiger partial charge in [-0.05, 0) is 29.7 Å². The molecule has 1 aliphatic heterocycles. The Morgan fingerprint density at radius 3 is 2.62 bits per heavy atom. The SMILES string of the molecule is Clc1ccccc1-c1cccc2c1CCN2. The Balaban J connectivity index is 2.21. The van der Waals surface area contributed by atoms with Gasteiger partial charge in [-0.3, -0.25) is 0 Å². The van der Waals surface area contributed by atoms with Crippen molar-refractivity contribution in [3.05, 3.63) is 53.1 Å². The second kappa shape index (κ2) is 3.84. The van der Waals surface area contributed by atoms with E-state index in [0.29, 0.717) is 0 Å². The predicted molar refractivity (Wildman–Crippen MR) is 69.1 cm³/mol. The molecule has 2 heteroatoms. The molecule has 0 aromatic heterocycles. The Bertz CT molecular complexity index is 534. The molecule has 2 aromatic carbocycles. The van der Waals surface area contributed by atoms with E-state index in [2.05, 4.69) is 29.6 Å². The molecule has 2 aromatic rings. The van der Waals surface area contributed by atoms with Crippen molar-refractivity contribution in [2.24, 2.45) is 0 Å². The second-order valence-corrected chi connectivity index (χ2v) is 4.40. The van der Waals surface area contributed by atoms with Crippen LogP contribution in [0.15, 0.2) is 42.5 Å². The molecule has 0 saturated heterocycles. The van der Waals surface area contributed by atoms with Crippen molar-refractivity contribution >= 4 is 17.3 Å². The Kier molecular flexibility index (Phi) is 2.33. The molecule has 0 unspecified atom stereocenters. The van der Waals surface area contributed by atoms with Crippen molar-refractivity contribution < 1.29 is 0 Å². The van der Waals surface area contributed by atoms with Gasteiger partial charge in [0.15, 0.2) is 0 Å². The molecule has 0 amide bonds. The molecule has 0 atom stereocenters. The number of fused-ring (bicyclic) bond motifs is 1. The maximum atomic E-state index is 6.24. The number of halogens is 1. The molecule has 0 spiro atoms. The minimum atomic E-state index is 0.822. The topological polar surface area (TPSA) is 12.0 Å². The van der Waals surface area contributed by atoms with Gasteiger partial charge in [-0.25, -0.2) is 0 Å². The van der Waals surface area contributed by atoms with E-state index < -0.39 is 0 Å². The lowest BCUT2D eigenvalue weighted by atomic mass is 9.98. The van der Waals surface area contributed by atoms with E-state index in [9.17, 15) is 0 Å². The van der Waals surface area contributed by atoms with Crippen molar-refractivity contribution in [1.29, 1.82) is 0 Å². The zero-order valence-electron chi connectivity index (χ0n) is 8.83. The van der Waals surface area contributed by atoms with E-state index in [4.69, 9.17) is 11.6 Å². The zero-order valence-corrected chi connectivity index (χ0v) is 9.59. The quantitative estimate of drug-likeness (QED) is 0.780. The summed E-state index contributed by atoms with van der Waals surface area (Å²) < 4.78 is 0. The first-order chi connectivity index (χ1) is 7.86. The number of benzene rings is 2. The normalized spacial score (nSPS) is 13.3. The second-order valence-electron chi connectivity index (χ2n) is 3.99. The van der Waals surface area contributed by atoms with Crippen molar-refractivity contribution in [2.75, 3.05) is 11.9 Å². The number of nitrogens with one attached hydrogen (secondary N) is 1. The molecule has 16 heavy (non-hydrogen) atoms. The van der Waals surface area contributed by atoms with Crippen LogP contribution in [0.2, 0.25) is 5.02 Å². The maximum absolute atomic E-state index is 6.24. The Morgan fingerprint density at radius 2 is 1.75 bits per heavy atom. The van der Waals surface area contributed by atoms with Crippen LogP contribution < -0.4 is 5.32 Å². The highest BCUT2D eigenvalue weighted by atomic mass is 35.5. The summed E-state index contributed by atoms with van der Waals surface area (Å²) in [4.78, 5) is 0. The van der Waals surface area contributed by atoms with E-state index in [1.165, 1.54) is 16.8 Å². The Labute approximate surface area is 100 Å². The van der Waals surface area contributed by atoms with Gasteiger partial charge in [0.25, 0.3) is 0 Å². The van der Waals surface area contributed by atoms with Gasteiger partial charge in [0.05, 0.1) is 0 Å². The van der Waals surface area contributed by atoms with Gasteiger partial charge >= 0.3 is 0 Å². The van der Waals surface area contributed by atoms with Crippen LogP contribution in [0.5, 0.6) is 0 Å². The molecule has 1 nitrogen and oxygen atoms in total. The third kappa shape index (κ3) is 1.48. The molecule has 0 fully saturated rings. The standard InChI is InChI=1S/C14H12ClN/c15-13-6-2-1-4-11(13)10-5-3-7-14-12(10)8-9-16-14/h1-7,16H,8-9H2. The van der Waals surface area contributed by atoms with Crippen LogP contribution >= 0.6 is 11.6 Å². The molecule has 3 rings (SSSR count). The molecule has 1 aliphatic rings. The van der Waals surface area contributed by atoms with Gasteiger partial charge in [-0.1, -0.05) is 41.9 Å². The maximum Gasteiger partial charge on any atom is 0.0484 e. The van der Waals surface area contributed by atoms with Crippen LogP contribution in [-0.4, -0.2) is 6.54 Å². The lowest BCUT2D eigenvalue weighted by Gasteiger charge is -2.09. The fourth-order valence-corrected chi connectivity index (χ4v) is 2.51. The average Bonchev–Trinajstić information content (AvgIpc) is 2.77. The molecule has 0 bridgehead atoms. The number of hydrogen-bond donors (Lipinski definition) is 1. The largest absolute Gasteiger partial charge is 0.384 e. The summed E-state index contributed by atoms with van der Waals surface area (Å²) in [5.74, 6) is 0. The van der Waals surface area contributed by atoms with Crippen molar-refractivity contribution in [1.82, 2.24) is 0 Å². The summed E-state index contributed by atoms with van der Waals surface area (Å²) in [5, 5.41) is 4.21. The first kappa shape index (κ1) is 9.73. The predicted octanol–water partition coefficient (Wildman–Crippen LogP) is 3.98. The summed E-state index contributed by atoms with van der Waals surface area (Å²) in [6.45, 7) is 1.02. The van der Waals surface area contributed by atoms with Crippen LogP contribution in [-0.2, 0) is 6.42 Å². The van der Waals surface area contributed by atoms with Crippen molar-refractivity contribution in [3.8, 4) is 11.1 Å². The minimum Gasteiger partial charge on any atom is -0.384 e. The van der Waals surface area contributed by atoms with Gasteiger partial charge in [0.2, 0.25) is 0 Å². The Hall–Kier alpha value is -1.47. The molecule has 0 saturated carbocycles. The molecular weight excluding hydrogens is 218 g/mol. The lowest BCUT2D eigenvalue weighted by Crippen LogP contribution is -1.90. The van der Waals surface area contributed by atoms with Crippen LogP contribution in [0.25, 0.3) is 11.1 Å². The third-order valence-electron chi connectivity index (χ3n) is 3.03. The van der Waals surface area contributed by atoms with Crippen LogP contribution in [0.3, 0.4) is 0 Å². The van der Waals surface area contributed by atoms with Crippen molar-refractivity contribution in [2.45, 2.75) is 6.42 Å². The van der Waals surface area contributed by atoms with Crippen molar-refractivity contribution in [3.63, 3.8) is 0 Å². The molecule has 0 radical (unpaired) electrons. The molecule has 1 N–H and O–H groups in total. The number of anilines is 1. The van der Waals surface area contributed by atoms with Gasteiger partial charge in [0, 0.05) is 22.8 Å². The first-order valence-electron chi connectivity index (χ1n) is 5.47. The summed E-state index contributed by atoms with van der Waals surface area (Å²) >= 11 is 6.24.